The number of sulfonamides is 1. The molecule has 4 heteroatoms. The van der Waals surface area contributed by atoms with E-state index >= 15 is 0 Å². The van der Waals surface area contributed by atoms with Gasteiger partial charge in [0.25, 0.3) is 0 Å². The lowest BCUT2D eigenvalue weighted by Crippen LogP contribution is -2.29. The van der Waals surface area contributed by atoms with Crippen molar-refractivity contribution in [3.05, 3.63) is 82.9 Å². The van der Waals surface area contributed by atoms with E-state index in [1.54, 1.807) is 16.4 Å². The Bertz CT molecular complexity index is 1010. The van der Waals surface area contributed by atoms with Crippen LogP contribution >= 0.6 is 0 Å². The molecule has 0 aromatic heterocycles. The second-order valence-corrected chi connectivity index (χ2v) is 9.63. The number of benzene rings is 2. The van der Waals surface area contributed by atoms with Crippen molar-refractivity contribution in [2.75, 3.05) is 13.1 Å². The smallest absolute Gasteiger partial charge is 0.207 e. The number of hydrogen-bond donors (Lipinski definition) is 0. The molecule has 0 unspecified atom stereocenters. The first-order valence-corrected chi connectivity index (χ1v) is 10.3. The molecule has 0 atom stereocenters. The maximum atomic E-state index is 13.1. The zero-order valence-corrected chi connectivity index (χ0v) is 16.2. The Morgan fingerprint density at radius 1 is 0.923 bits per heavy atom. The van der Waals surface area contributed by atoms with Gasteiger partial charge in [-0.1, -0.05) is 68.0 Å². The van der Waals surface area contributed by atoms with Crippen molar-refractivity contribution in [3.63, 3.8) is 0 Å². The van der Waals surface area contributed by atoms with Crippen molar-refractivity contribution in [2.45, 2.75) is 25.7 Å². The van der Waals surface area contributed by atoms with E-state index in [2.05, 4.69) is 32.1 Å². The van der Waals surface area contributed by atoms with Crippen molar-refractivity contribution in [1.29, 1.82) is 0 Å². The highest BCUT2D eigenvalue weighted by molar-refractivity contribution is 7.89. The van der Waals surface area contributed by atoms with Gasteiger partial charge in [-0.05, 0) is 41.3 Å². The van der Waals surface area contributed by atoms with Crippen molar-refractivity contribution >= 4 is 15.6 Å². The Hall–Kier alpha value is -2.17. The van der Waals surface area contributed by atoms with Gasteiger partial charge < -0.3 is 0 Å². The minimum Gasteiger partial charge on any atom is -0.207 e. The molecule has 0 saturated carbocycles. The molecule has 0 amide bonds. The topological polar surface area (TPSA) is 37.4 Å². The largest absolute Gasteiger partial charge is 0.243 e. The third-order valence-corrected chi connectivity index (χ3v) is 7.08. The molecule has 1 aliphatic heterocycles. The lowest BCUT2D eigenvalue weighted by molar-refractivity contribution is 0.486. The van der Waals surface area contributed by atoms with Crippen LogP contribution in [0.3, 0.4) is 0 Å². The third-order valence-electron chi connectivity index (χ3n) is 5.27. The van der Waals surface area contributed by atoms with Crippen molar-refractivity contribution in [2.24, 2.45) is 5.41 Å². The van der Waals surface area contributed by atoms with E-state index in [4.69, 9.17) is 0 Å². The van der Waals surface area contributed by atoms with Crippen LogP contribution in [0.2, 0.25) is 0 Å². The Morgan fingerprint density at radius 3 is 2.23 bits per heavy atom. The van der Waals surface area contributed by atoms with Gasteiger partial charge in [0, 0.05) is 18.5 Å². The zero-order chi connectivity index (χ0) is 18.5. The van der Waals surface area contributed by atoms with Crippen molar-refractivity contribution in [1.82, 2.24) is 4.31 Å². The molecule has 4 rings (SSSR count). The molecule has 1 saturated heterocycles. The maximum Gasteiger partial charge on any atom is 0.243 e. The monoisotopic (exact) mass is 365 g/mol. The van der Waals surface area contributed by atoms with E-state index in [-0.39, 0.29) is 5.41 Å². The summed E-state index contributed by atoms with van der Waals surface area (Å²) >= 11 is 0. The average Bonchev–Trinajstić information content (AvgIpc) is 3.09. The molecule has 1 aliphatic carbocycles. The molecule has 1 fully saturated rings. The molecule has 2 aromatic rings. The highest BCUT2D eigenvalue weighted by atomic mass is 32.2. The predicted octanol–water partition coefficient (Wildman–Crippen LogP) is 4.42. The number of nitrogens with zero attached hydrogens (tertiary/aromatic N) is 1. The Kier molecular flexibility index (Phi) is 3.94. The molecule has 0 spiro atoms. The van der Waals surface area contributed by atoms with Crippen LogP contribution in [-0.2, 0) is 10.0 Å². The molecule has 134 valence electrons. The number of hydrogen-bond acceptors (Lipinski definition) is 2. The van der Waals surface area contributed by atoms with Gasteiger partial charge in [-0.15, -0.1) is 0 Å². The summed E-state index contributed by atoms with van der Waals surface area (Å²) in [5.74, 6) is 0. The molecule has 1 heterocycles. The van der Waals surface area contributed by atoms with Gasteiger partial charge in [0.15, 0.2) is 0 Å². The number of fused-ring (bicyclic) bond motifs is 1. The van der Waals surface area contributed by atoms with Gasteiger partial charge in [0.2, 0.25) is 10.0 Å². The molecule has 26 heavy (non-hydrogen) atoms. The van der Waals surface area contributed by atoms with E-state index in [1.165, 1.54) is 11.1 Å². The highest BCUT2D eigenvalue weighted by Crippen LogP contribution is 2.49. The predicted molar refractivity (Wildman–Crippen MR) is 105 cm³/mol. The quantitative estimate of drug-likeness (QED) is 0.807. The maximum absolute atomic E-state index is 13.1. The summed E-state index contributed by atoms with van der Waals surface area (Å²) < 4.78 is 27.7. The number of aryl methyl sites for hydroxylation is 1. The minimum atomic E-state index is -3.48. The second-order valence-electron chi connectivity index (χ2n) is 7.70. The number of allylic oxidation sites excluding steroid dienone is 2. The fourth-order valence-corrected chi connectivity index (χ4v) is 5.45. The van der Waals surface area contributed by atoms with Crippen LogP contribution < -0.4 is 0 Å². The molecule has 3 nitrogen and oxygen atoms in total. The molecule has 2 aromatic carbocycles. The average molecular weight is 365 g/mol. The van der Waals surface area contributed by atoms with Gasteiger partial charge >= 0.3 is 0 Å². The summed E-state index contributed by atoms with van der Waals surface area (Å²) in [4.78, 5) is 0.366. The van der Waals surface area contributed by atoms with Gasteiger partial charge in [-0.3, -0.25) is 0 Å². The minimum absolute atomic E-state index is 0.0776. The first kappa shape index (κ1) is 17.3. The van der Waals surface area contributed by atoms with E-state index in [9.17, 15) is 8.42 Å². The summed E-state index contributed by atoms with van der Waals surface area (Å²) in [6.07, 6.45) is 2.23. The van der Waals surface area contributed by atoms with Crippen LogP contribution in [-0.4, -0.2) is 25.8 Å². The van der Waals surface area contributed by atoms with Crippen molar-refractivity contribution < 1.29 is 8.42 Å². The third kappa shape index (κ3) is 2.74. The first-order chi connectivity index (χ1) is 12.3. The fraction of sp³-hybridized carbons (Fsp3) is 0.273. The van der Waals surface area contributed by atoms with Crippen LogP contribution in [0.25, 0.3) is 5.57 Å². The Morgan fingerprint density at radius 2 is 1.58 bits per heavy atom. The van der Waals surface area contributed by atoms with Gasteiger partial charge in [0.05, 0.1) is 4.90 Å². The molecular formula is C22H23NO2S. The highest BCUT2D eigenvalue weighted by Gasteiger charge is 2.41. The molecule has 0 N–H and O–H groups in total. The van der Waals surface area contributed by atoms with E-state index in [0.717, 1.165) is 16.7 Å². The second kappa shape index (κ2) is 5.93. The molecule has 2 aliphatic rings. The van der Waals surface area contributed by atoms with Crippen LogP contribution in [0.5, 0.6) is 0 Å². The summed E-state index contributed by atoms with van der Waals surface area (Å²) in [6, 6.07) is 17.4. The Labute approximate surface area is 155 Å². The summed E-state index contributed by atoms with van der Waals surface area (Å²) in [5.41, 5.74) is 5.70. The zero-order valence-electron chi connectivity index (χ0n) is 15.4. The lowest BCUT2D eigenvalue weighted by atomic mass is 9.82. The van der Waals surface area contributed by atoms with Gasteiger partial charge in [-0.25, -0.2) is 8.42 Å². The van der Waals surface area contributed by atoms with Crippen LogP contribution in [0.4, 0.5) is 0 Å². The van der Waals surface area contributed by atoms with Gasteiger partial charge in [0.1, 0.15) is 0 Å². The summed E-state index contributed by atoms with van der Waals surface area (Å²) in [6.45, 7) is 7.25. The standard InChI is InChI=1S/C22H23NO2S/c1-16-9-11-19(12-10-16)26(24,25)23-14-18-13-22(2,3)21(20(18)15-23)17-7-5-4-6-8-17/h4-13H,14-15H2,1-3H3. The van der Waals surface area contributed by atoms with Gasteiger partial charge in [-0.2, -0.15) is 4.31 Å². The first-order valence-electron chi connectivity index (χ1n) is 8.87. The fourth-order valence-electron chi connectivity index (χ4n) is 4.07. The van der Waals surface area contributed by atoms with E-state index in [1.807, 2.05) is 37.3 Å². The van der Waals surface area contributed by atoms with Crippen LogP contribution in [0, 0.1) is 12.3 Å². The van der Waals surface area contributed by atoms with E-state index < -0.39 is 10.0 Å². The SMILES string of the molecule is Cc1ccc(S(=O)(=O)N2CC3=CC(C)(C)C(c4ccccc4)=C3C2)cc1. The molecule has 0 bridgehead atoms. The lowest BCUT2D eigenvalue weighted by Gasteiger charge is -2.24. The van der Waals surface area contributed by atoms with Crippen LogP contribution in [0.15, 0.2) is 76.7 Å². The van der Waals surface area contributed by atoms with E-state index in [0.29, 0.717) is 18.0 Å². The normalized spacial score (nSPS) is 19.6. The summed E-state index contributed by atoms with van der Waals surface area (Å²) in [7, 11) is -3.48. The summed E-state index contributed by atoms with van der Waals surface area (Å²) in [5, 5.41) is 0. The molecular weight excluding hydrogens is 342 g/mol. The van der Waals surface area contributed by atoms with Crippen LogP contribution in [0.1, 0.15) is 25.0 Å². The molecule has 0 radical (unpaired) electrons. The Balaban J connectivity index is 1.74. The van der Waals surface area contributed by atoms with Crippen molar-refractivity contribution in [3.8, 4) is 0 Å². The number of rotatable bonds is 3.